The zero-order valence-electron chi connectivity index (χ0n) is 14.5. The molecule has 0 N–H and O–H groups in total. The molecule has 1 atom stereocenters. The van der Waals surface area contributed by atoms with Crippen LogP contribution in [0.1, 0.15) is 36.3 Å². The molecule has 0 radical (unpaired) electrons. The van der Waals surface area contributed by atoms with Gasteiger partial charge in [0.1, 0.15) is 5.37 Å². The number of halogens is 3. The van der Waals surface area contributed by atoms with Crippen LogP contribution in [-0.4, -0.2) is 47.0 Å². The first kappa shape index (κ1) is 19.1. The van der Waals surface area contributed by atoms with E-state index in [2.05, 4.69) is 0 Å². The first-order valence-corrected chi connectivity index (χ1v) is 9.73. The third kappa shape index (κ3) is 4.16. The van der Waals surface area contributed by atoms with E-state index in [1.807, 2.05) is 6.92 Å². The minimum Gasteiger partial charge on any atom is -0.341 e. The second kappa shape index (κ2) is 7.50. The van der Waals surface area contributed by atoms with E-state index in [4.69, 9.17) is 0 Å². The van der Waals surface area contributed by atoms with E-state index >= 15 is 0 Å². The number of hydrogen-bond donors (Lipinski definition) is 0. The minimum atomic E-state index is -4.41. The summed E-state index contributed by atoms with van der Waals surface area (Å²) in [5.74, 6) is 0.358. The van der Waals surface area contributed by atoms with Crippen molar-refractivity contribution in [3.8, 4) is 0 Å². The second-order valence-electron chi connectivity index (χ2n) is 6.57. The monoisotopic (exact) mass is 386 g/mol. The molecule has 1 heterocycles. The number of carbonyl (C=O) groups is 2. The van der Waals surface area contributed by atoms with Crippen LogP contribution in [0.3, 0.4) is 0 Å². The van der Waals surface area contributed by atoms with Gasteiger partial charge >= 0.3 is 6.18 Å². The summed E-state index contributed by atoms with van der Waals surface area (Å²) in [6, 6.07) is 5.12. The molecular formula is C18H21F3N2O2S. The molecule has 0 aromatic heterocycles. The summed E-state index contributed by atoms with van der Waals surface area (Å²) >= 11 is 1.32. The second-order valence-corrected chi connectivity index (χ2v) is 7.63. The maximum Gasteiger partial charge on any atom is 0.416 e. The number of alkyl halides is 3. The predicted molar refractivity (Wildman–Crippen MR) is 93.3 cm³/mol. The Hall–Kier alpha value is -1.70. The highest BCUT2D eigenvalue weighted by atomic mass is 32.2. The number of nitrogens with zero attached hydrogens (tertiary/aromatic N) is 2. The molecule has 1 aliphatic heterocycles. The van der Waals surface area contributed by atoms with Gasteiger partial charge in [0.15, 0.2) is 0 Å². The van der Waals surface area contributed by atoms with Crippen LogP contribution in [0.2, 0.25) is 0 Å². The van der Waals surface area contributed by atoms with Gasteiger partial charge in [-0.1, -0.05) is 12.1 Å². The zero-order chi connectivity index (χ0) is 18.9. The van der Waals surface area contributed by atoms with E-state index in [9.17, 15) is 22.8 Å². The van der Waals surface area contributed by atoms with Crippen molar-refractivity contribution in [1.82, 2.24) is 9.80 Å². The number of benzene rings is 1. The third-order valence-corrected chi connectivity index (χ3v) is 5.95. The van der Waals surface area contributed by atoms with Crippen molar-refractivity contribution < 1.29 is 22.8 Å². The van der Waals surface area contributed by atoms with Crippen molar-refractivity contribution in [2.24, 2.45) is 5.92 Å². The first-order chi connectivity index (χ1) is 12.3. The quantitative estimate of drug-likeness (QED) is 0.751. The highest BCUT2D eigenvalue weighted by Gasteiger charge is 2.37. The van der Waals surface area contributed by atoms with E-state index in [1.54, 1.807) is 15.9 Å². The molecule has 1 aliphatic carbocycles. The zero-order valence-corrected chi connectivity index (χ0v) is 15.3. The molecule has 142 valence electrons. The average molecular weight is 386 g/mol. The Bertz CT molecular complexity index is 691. The van der Waals surface area contributed by atoms with Crippen molar-refractivity contribution in [1.29, 1.82) is 0 Å². The van der Waals surface area contributed by atoms with Crippen LogP contribution in [0.5, 0.6) is 0 Å². The van der Waals surface area contributed by atoms with Crippen LogP contribution in [0, 0.1) is 5.92 Å². The van der Waals surface area contributed by atoms with Gasteiger partial charge in [0.05, 0.1) is 11.3 Å². The Balaban J connectivity index is 1.71. The van der Waals surface area contributed by atoms with Gasteiger partial charge in [-0.05, 0) is 37.5 Å². The fourth-order valence-corrected chi connectivity index (χ4v) is 4.29. The Morgan fingerprint density at radius 2 is 2.08 bits per heavy atom. The van der Waals surface area contributed by atoms with E-state index in [-0.39, 0.29) is 23.5 Å². The lowest BCUT2D eigenvalue weighted by Gasteiger charge is -2.28. The molecule has 4 nitrogen and oxygen atoms in total. The SMILES string of the molecule is CCN(CCN1C(=O)CS[C@H]1c1cccc(C(F)(F)F)c1)C(=O)C1CC1. The fraction of sp³-hybridized carbons (Fsp3) is 0.556. The van der Waals surface area contributed by atoms with Gasteiger partial charge in [-0.2, -0.15) is 13.2 Å². The predicted octanol–water partition coefficient (Wildman–Crippen LogP) is 3.54. The molecule has 26 heavy (non-hydrogen) atoms. The maximum absolute atomic E-state index is 13.0. The number of thioether (sulfide) groups is 1. The number of amides is 2. The molecule has 0 bridgehead atoms. The highest BCUT2D eigenvalue weighted by Crippen LogP contribution is 2.40. The number of rotatable bonds is 6. The van der Waals surface area contributed by atoms with Gasteiger partial charge < -0.3 is 9.80 Å². The molecule has 2 amide bonds. The Morgan fingerprint density at radius 3 is 2.69 bits per heavy atom. The van der Waals surface area contributed by atoms with Gasteiger partial charge in [0.2, 0.25) is 11.8 Å². The smallest absolute Gasteiger partial charge is 0.341 e. The van der Waals surface area contributed by atoms with Crippen LogP contribution in [0.15, 0.2) is 24.3 Å². The normalized spacial score (nSPS) is 20.5. The molecular weight excluding hydrogens is 365 g/mol. The number of likely N-dealkylation sites (N-methyl/N-ethyl adjacent to an activating group) is 1. The first-order valence-electron chi connectivity index (χ1n) is 8.68. The van der Waals surface area contributed by atoms with Crippen molar-refractivity contribution in [2.45, 2.75) is 31.3 Å². The molecule has 1 saturated heterocycles. The van der Waals surface area contributed by atoms with E-state index in [0.717, 1.165) is 25.0 Å². The Kier molecular flexibility index (Phi) is 5.50. The van der Waals surface area contributed by atoms with Crippen molar-refractivity contribution in [3.05, 3.63) is 35.4 Å². The van der Waals surface area contributed by atoms with Crippen LogP contribution in [0.25, 0.3) is 0 Å². The summed E-state index contributed by atoms with van der Waals surface area (Å²) in [6.45, 7) is 3.20. The van der Waals surface area contributed by atoms with Gasteiger partial charge in [-0.15, -0.1) is 11.8 Å². The minimum absolute atomic E-state index is 0.104. The van der Waals surface area contributed by atoms with E-state index < -0.39 is 17.1 Å². The number of hydrogen-bond acceptors (Lipinski definition) is 3. The molecule has 2 fully saturated rings. The topological polar surface area (TPSA) is 40.6 Å². The largest absolute Gasteiger partial charge is 0.416 e. The average Bonchev–Trinajstić information content (AvgIpc) is 3.39. The molecule has 2 aliphatic rings. The van der Waals surface area contributed by atoms with Gasteiger partial charge in [0.25, 0.3) is 0 Å². The molecule has 3 rings (SSSR count). The van der Waals surface area contributed by atoms with Gasteiger partial charge in [0, 0.05) is 25.6 Å². The summed E-state index contributed by atoms with van der Waals surface area (Å²) in [4.78, 5) is 27.8. The summed E-state index contributed by atoms with van der Waals surface area (Å²) < 4.78 is 38.9. The van der Waals surface area contributed by atoms with Crippen LogP contribution in [-0.2, 0) is 15.8 Å². The van der Waals surface area contributed by atoms with Crippen molar-refractivity contribution in [2.75, 3.05) is 25.4 Å². The summed E-state index contributed by atoms with van der Waals surface area (Å²) in [5.41, 5.74) is -0.249. The maximum atomic E-state index is 13.0. The summed E-state index contributed by atoms with van der Waals surface area (Å²) in [7, 11) is 0. The molecule has 0 unspecified atom stereocenters. The molecule has 0 spiro atoms. The lowest BCUT2D eigenvalue weighted by atomic mass is 10.1. The fourth-order valence-electron chi connectivity index (χ4n) is 3.08. The van der Waals surface area contributed by atoms with Crippen LogP contribution < -0.4 is 0 Å². The third-order valence-electron chi connectivity index (χ3n) is 4.70. The molecule has 1 aromatic carbocycles. The van der Waals surface area contributed by atoms with E-state index in [1.165, 1.54) is 17.8 Å². The molecule has 1 aromatic rings. The van der Waals surface area contributed by atoms with Crippen LogP contribution >= 0.6 is 11.8 Å². The Morgan fingerprint density at radius 1 is 1.35 bits per heavy atom. The van der Waals surface area contributed by atoms with Crippen molar-refractivity contribution in [3.63, 3.8) is 0 Å². The lowest BCUT2D eigenvalue weighted by molar-refractivity contribution is -0.137. The van der Waals surface area contributed by atoms with E-state index in [0.29, 0.717) is 25.2 Å². The summed E-state index contributed by atoms with van der Waals surface area (Å²) in [5, 5.41) is -0.445. The van der Waals surface area contributed by atoms with Crippen LogP contribution in [0.4, 0.5) is 13.2 Å². The van der Waals surface area contributed by atoms with Gasteiger partial charge in [-0.3, -0.25) is 9.59 Å². The highest BCUT2D eigenvalue weighted by molar-refractivity contribution is 8.00. The van der Waals surface area contributed by atoms with Gasteiger partial charge in [-0.25, -0.2) is 0 Å². The van der Waals surface area contributed by atoms with Crippen molar-refractivity contribution >= 4 is 23.6 Å². The Labute approximate surface area is 154 Å². The standard InChI is InChI=1S/C18H21F3N2O2S/c1-2-22(16(25)12-6-7-12)8-9-23-15(24)11-26-17(23)13-4-3-5-14(10-13)18(19,20)21/h3-5,10,12,17H,2,6-9,11H2,1H3/t17-/m0/s1. The lowest BCUT2D eigenvalue weighted by Crippen LogP contribution is -2.40. The number of carbonyl (C=O) groups excluding carboxylic acids is 2. The molecule has 1 saturated carbocycles. The summed E-state index contributed by atoms with van der Waals surface area (Å²) in [6.07, 6.45) is -2.58. The molecule has 8 heteroatoms.